The van der Waals surface area contributed by atoms with Crippen molar-refractivity contribution in [3.05, 3.63) is 41.5 Å². The first-order chi connectivity index (χ1) is 17.2. The number of likely N-dealkylation sites (tertiary alicyclic amines) is 1. The minimum Gasteiger partial charge on any atom is -0.491 e. The predicted molar refractivity (Wildman–Crippen MR) is 137 cm³/mol. The number of piperidine rings is 1. The number of imidazole rings is 1. The Kier molecular flexibility index (Phi) is 6.49. The first kappa shape index (κ1) is 24.3. The van der Waals surface area contributed by atoms with E-state index in [-0.39, 0.29) is 6.03 Å². The topological polar surface area (TPSA) is 73.5 Å². The number of rotatable bonds is 4. The molecule has 0 atom stereocenters. The van der Waals surface area contributed by atoms with Crippen molar-refractivity contribution in [1.29, 1.82) is 0 Å². The Morgan fingerprint density at radius 2 is 1.94 bits per heavy atom. The quantitative estimate of drug-likeness (QED) is 0.489. The average Bonchev–Trinajstić information content (AvgIpc) is 3.12. The standard InChI is InChI=1S/C27H33F2N5O2/c1-4-30-25-31-22-6-5-18(15-23(22)32-25)19-13-17(2)24-20(14-19)16-34(11-12-36-24)26(35)33-9-7-21(8-10-33)27(3,28)29/h5-6,13-15,21H,4,7-12,16H2,1-3H3,(H2,30,31,32). The van der Waals surface area contributed by atoms with Gasteiger partial charge < -0.3 is 24.8 Å². The number of ether oxygens (including phenoxy) is 1. The minimum absolute atomic E-state index is 0.109. The molecule has 3 aromatic rings. The molecule has 2 N–H and O–H groups in total. The van der Waals surface area contributed by atoms with Crippen LogP contribution in [-0.2, 0) is 6.54 Å². The third kappa shape index (κ3) is 4.83. The summed E-state index contributed by atoms with van der Waals surface area (Å²) in [5, 5.41) is 3.20. The highest BCUT2D eigenvalue weighted by atomic mass is 19.3. The van der Waals surface area contributed by atoms with E-state index in [1.54, 1.807) is 9.80 Å². The molecule has 2 amide bonds. The number of nitrogens with zero attached hydrogens (tertiary/aromatic N) is 3. The first-order valence-corrected chi connectivity index (χ1v) is 12.6. The van der Waals surface area contributed by atoms with Crippen LogP contribution in [0, 0.1) is 12.8 Å². The fraction of sp³-hybridized carbons (Fsp3) is 0.481. The number of hydrogen-bond donors (Lipinski definition) is 2. The van der Waals surface area contributed by atoms with Gasteiger partial charge in [-0.25, -0.2) is 18.6 Å². The molecule has 5 rings (SSSR count). The summed E-state index contributed by atoms with van der Waals surface area (Å²) >= 11 is 0. The van der Waals surface area contributed by atoms with Gasteiger partial charge in [0.1, 0.15) is 12.4 Å². The van der Waals surface area contributed by atoms with Crippen molar-refractivity contribution in [2.24, 2.45) is 5.92 Å². The lowest BCUT2D eigenvalue weighted by Gasteiger charge is -2.37. The molecule has 0 radical (unpaired) electrons. The summed E-state index contributed by atoms with van der Waals surface area (Å²) in [6.45, 7) is 7.80. The lowest BCUT2D eigenvalue weighted by atomic mass is 9.91. The monoisotopic (exact) mass is 497 g/mol. The maximum atomic E-state index is 13.7. The summed E-state index contributed by atoms with van der Waals surface area (Å²) in [4.78, 5) is 24.7. The van der Waals surface area contributed by atoms with E-state index in [2.05, 4.69) is 33.5 Å². The lowest BCUT2D eigenvalue weighted by Crippen LogP contribution is -2.48. The Balaban J connectivity index is 1.37. The maximum Gasteiger partial charge on any atom is 0.320 e. The molecule has 3 heterocycles. The van der Waals surface area contributed by atoms with Gasteiger partial charge >= 0.3 is 6.03 Å². The largest absolute Gasteiger partial charge is 0.491 e. The third-order valence-corrected chi connectivity index (χ3v) is 7.23. The molecular weight excluding hydrogens is 464 g/mol. The predicted octanol–water partition coefficient (Wildman–Crippen LogP) is 5.65. The van der Waals surface area contributed by atoms with Crippen LogP contribution in [-0.4, -0.2) is 64.5 Å². The molecular formula is C27H33F2N5O2. The van der Waals surface area contributed by atoms with E-state index >= 15 is 0 Å². The molecule has 0 aliphatic carbocycles. The van der Waals surface area contributed by atoms with Crippen molar-refractivity contribution in [2.45, 2.75) is 46.1 Å². The zero-order valence-corrected chi connectivity index (χ0v) is 21.0. The fourth-order valence-electron chi connectivity index (χ4n) is 5.26. The molecule has 192 valence electrons. The second-order valence-corrected chi connectivity index (χ2v) is 9.90. The molecule has 1 aromatic heterocycles. The zero-order chi connectivity index (χ0) is 25.4. The van der Waals surface area contributed by atoms with Gasteiger partial charge in [0, 0.05) is 31.1 Å². The highest BCUT2D eigenvalue weighted by Gasteiger charge is 2.38. The van der Waals surface area contributed by atoms with Crippen LogP contribution in [0.5, 0.6) is 5.75 Å². The number of carbonyl (C=O) groups excluding carboxylic acids is 1. The maximum absolute atomic E-state index is 13.7. The van der Waals surface area contributed by atoms with Crippen LogP contribution in [0.4, 0.5) is 19.5 Å². The Hall–Kier alpha value is -3.36. The van der Waals surface area contributed by atoms with Gasteiger partial charge in [0.2, 0.25) is 11.9 Å². The highest BCUT2D eigenvalue weighted by molar-refractivity contribution is 5.84. The molecule has 2 aliphatic heterocycles. The molecule has 7 nitrogen and oxygen atoms in total. The second-order valence-electron chi connectivity index (χ2n) is 9.90. The van der Waals surface area contributed by atoms with E-state index in [1.807, 2.05) is 26.0 Å². The number of hydrogen-bond acceptors (Lipinski definition) is 4. The number of aromatic nitrogens is 2. The Labute approximate surface area is 209 Å². The lowest BCUT2D eigenvalue weighted by molar-refractivity contribution is -0.0594. The van der Waals surface area contributed by atoms with Gasteiger partial charge in [-0.3, -0.25) is 0 Å². The first-order valence-electron chi connectivity index (χ1n) is 12.6. The highest BCUT2D eigenvalue weighted by Crippen LogP contribution is 2.35. The summed E-state index contributed by atoms with van der Waals surface area (Å²) < 4.78 is 33.5. The number of carbonyl (C=O) groups is 1. The van der Waals surface area contributed by atoms with Gasteiger partial charge in [-0.1, -0.05) is 6.07 Å². The van der Waals surface area contributed by atoms with E-state index in [0.29, 0.717) is 45.6 Å². The van der Waals surface area contributed by atoms with Gasteiger partial charge in [0.25, 0.3) is 0 Å². The van der Waals surface area contributed by atoms with Crippen molar-refractivity contribution < 1.29 is 18.3 Å². The SMILES string of the molecule is CCNc1nc2ccc(-c3cc(C)c4c(c3)CN(C(=O)N3CCC(C(C)(F)F)CC3)CCO4)cc2[nH]1. The molecule has 0 unspecified atom stereocenters. The number of H-pyrrole nitrogens is 1. The van der Waals surface area contributed by atoms with Crippen LogP contribution < -0.4 is 10.1 Å². The average molecular weight is 498 g/mol. The van der Waals surface area contributed by atoms with Crippen LogP contribution in [0.25, 0.3) is 22.2 Å². The smallest absolute Gasteiger partial charge is 0.320 e. The summed E-state index contributed by atoms with van der Waals surface area (Å²) in [6.07, 6.45) is 0.649. The summed E-state index contributed by atoms with van der Waals surface area (Å²) in [5.41, 5.74) is 5.89. The van der Waals surface area contributed by atoms with Crippen LogP contribution >= 0.6 is 0 Å². The van der Waals surface area contributed by atoms with Crippen molar-refractivity contribution >= 4 is 23.0 Å². The zero-order valence-electron chi connectivity index (χ0n) is 21.0. The van der Waals surface area contributed by atoms with E-state index < -0.39 is 11.8 Å². The van der Waals surface area contributed by atoms with E-state index in [0.717, 1.165) is 58.5 Å². The van der Waals surface area contributed by atoms with Gasteiger partial charge in [0.05, 0.1) is 24.1 Å². The molecule has 36 heavy (non-hydrogen) atoms. The van der Waals surface area contributed by atoms with E-state index in [9.17, 15) is 13.6 Å². The molecule has 1 fully saturated rings. The summed E-state index contributed by atoms with van der Waals surface area (Å²) in [5.74, 6) is -1.81. The van der Waals surface area contributed by atoms with Gasteiger partial charge in [0.15, 0.2) is 0 Å². The third-order valence-electron chi connectivity index (χ3n) is 7.23. The molecule has 0 spiro atoms. The van der Waals surface area contributed by atoms with Crippen molar-refractivity contribution in [2.75, 3.05) is 38.1 Å². The van der Waals surface area contributed by atoms with Crippen molar-refractivity contribution in [3.8, 4) is 16.9 Å². The Morgan fingerprint density at radius 1 is 1.17 bits per heavy atom. The minimum atomic E-state index is -2.70. The number of alkyl halides is 2. The van der Waals surface area contributed by atoms with Crippen LogP contribution in [0.2, 0.25) is 0 Å². The van der Waals surface area contributed by atoms with Gasteiger partial charge in [-0.05, 0) is 74.6 Å². The number of fused-ring (bicyclic) bond motifs is 2. The number of benzene rings is 2. The molecule has 0 bridgehead atoms. The van der Waals surface area contributed by atoms with E-state index in [4.69, 9.17) is 4.74 Å². The number of urea groups is 1. The Bertz CT molecular complexity index is 1260. The number of aromatic amines is 1. The molecule has 9 heteroatoms. The second kappa shape index (κ2) is 9.59. The van der Waals surface area contributed by atoms with Crippen LogP contribution in [0.1, 0.15) is 37.8 Å². The number of halogens is 2. The Morgan fingerprint density at radius 3 is 2.67 bits per heavy atom. The molecule has 0 saturated carbocycles. The fourth-order valence-corrected chi connectivity index (χ4v) is 5.26. The van der Waals surface area contributed by atoms with Crippen molar-refractivity contribution in [3.63, 3.8) is 0 Å². The summed E-state index contributed by atoms with van der Waals surface area (Å²) in [6, 6.07) is 10.2. The summed E-state index contributed by atoms with van der Waals surface area (Å²) in [7, 11) is 0. The molecule has 1 saturated heterocycles. The van der Waals surface area contributed by atoms with E-state index in [1.165, 1.54) is 0 Å². The molecule has 2 aromatic carbocycles. The normalized spacial score (nSPS) is 17.0. The van der Waals surface area contributed by atoms with Gasteiger partial charge in [-0.2, -0.15) is 0 Å². The number of nitrogens with one attached hydrogen (secondary N) is 2. The number of aryl methyl sites for hydroxylation is 1. The van der Waals surface area contributed by atoms with Crippen LogP contribution in [0.15, 0.2) is 30.3 Å². The van der Waals surface area contributed by atoms with Gasteiger partial charge in [-0.15, -0.1) is 0 Å². The van der Waals surface area contributed by atoms with Crippen LogP contribution in [0.3, 0.4) is 0 Å². The van der Waals surface area contributed by atoms with Crippen molar-refractivity contribution in [1.82, 2.24) is 19.8 Å². The number of anilines is 1. The number of amides is 2. The molecule has 2 aliphatic rings.